The van der Waals surface area contributed by atoms with E-state index < -0.39 is 0 Å². The first kappa shape index (κ1) is 18.2. The van der Waals surface area contributed by atoms with Crippen molar-refractivity contribution in [3.8, 4) is 0 Å². The van der Waals surface area contributed by atoms with Crippen molar-refractivity contribution in [3.63, 3.8) is 0 Å². The zero-order valence-corrected chi connectivity index (χ0v) is 15.8. The van der Waals surface area contributed by atoms with Gasteiger partial charge in [0.15, 0.2) is 5.78 Å². The van der Waals surface area contributed by atoms with Crippen LogP contribution in [0.15, 0.2) is 48.5 Å². The van der Waals surface area contributed by atoms with Gasteiger partial charge in [-0.1, -0.05) is 66.9 Å². The van der Waals surface area contributed by atoms with E-state index in [1.807, 2.05) is 25.1 Å². The van der Waals surface area contributed by atoms with Crippen molar-refractivity contribution in [1.82, 2.24) is 0 Å². The zero-order chi connectivity index (χ0) is 17.6. The number of rotatable bonds is 6. The fraction of sp³-hybridized carbons (Fsp3) is 0.435. The maximum Gasteiger partial charge on any atom is 0.163 e. The molecular formula is C23H27ClO. The summed E-state index contributed by atoms with van der Waals surface area (Å²) in [5, 5.41) is 0.690. The summed E-state index contributed by atoms with van der Waals surface area (Å²) in [6, 6.07) is 16.4. The minimum Gasteiger partial charge on any atom is -0.294 e. The first-order valence-electron chi connectivity index (χ1n) is 9.45. The highest BCUT2D eigenvalue weighted by atomic mass is 35.5. The summed E-state index contributed by atoms with van der Waals surface area (Å²) in [6.07, 6.45) is 8.02. The van der Waals surface area contributed by atoms with Crippen LogP contribution in [-0.4, -0.2) is 5.78 Å². The van der Waals surface area contributed by atoms with Gasteiger partial charge in [0.25, 0.3) is 0 Å². The van der Waals surface area contributed by atoms with Gasteiger partial charge in [-0.2, -0.15) is 0 Å². The Morgan fingerprint density at radius 2 is 1.68 bits per heavy atom. The summed E-state index contributed by atoms with van der Waals surface area (Å²) in [6.45, 7) is 1.97. The third kappa shape index (κ3) is 5.19. The molecule has 2 aromatic rings. The van der Waals surface area contributed by atoms with Gasteiger partial charge in [-0.05, 0) is 61.6 Å². The van der Waals surface area contributed by atoms with E-state index in [0.29, 0.717) is 17.4 Å². The molecule has 1 saturated carbocycles. The quantitative estimate of drug-likeness (QED) is 0.530. The number of ketones is 1. The van der Waals surface area contributed by atoms with Gasteiger partial charge in [0, 0.05) is 17.0 Å². The lowest BCUT2D eigenvalue weighted by Gasteiger charge is -2.28. The molecule has 25 heavy (non-hydrogen) atoms. The van der Waals surface area contributed by atoms with Crippen molar-refractivity contribution in [2.45, 2.75) is 51.9 Å². The second kappa shape index (κ2) is 8.67. The van der Waals surface area contributed by atoms with Crippen molar-refractivity contribution in [1.29, 1.82) is 0 Å². The van der Waals surface area contributed by atoms with E-state index >= 15 is 0 Å². The third-order valence-electron chi connectivity index (χ3n) is 5.62. The van der Waals surface area contributed by atoms with Crippen LogP contribution >= 0.6 is 11.6 Å². The van der Waals surface area contributed by atoms with E-state index in [0.717, 1.165) is 17.0 Å². The Kier molecular flexibility index (Phi) is 6.31. The van der Waals surface area contributed by atoms with E-state index in [-0.39, 0.29) is 5.78 Å². The van der Waals surface area contributed by atoms with E-state index in [1.54, 1.807) is 0 Å². The lowest BCUT2D eigenvalue weighted by atomic mass is 9.77. The van der Waals surface area contributed by atoms with Crippen LogP contribution in [0.5, 0.6) is 0 Å². The molecule has 132 valence electrons. The molecule has 0 N–H and O–H groups in total. The zero-order valence-electron chi connectivity index (χ0n) is 15.0. The normalized spacial score (nSPS) is 20.4. The Bertz CT molecular complexity index is 699. The van der Waals surface area contributed by atoms with Crippen LogP contribution in [0.3, 0.4) is 0 Å². The van der Waals surface area contributed by atoms with Crippen molar-refractivity contribution in [2.24, 2.45) is 11.8 Å². The van der Waals surface area contributed by atoms with Crippen molar-refractivity contribution >= 4 is 17.4 Å². The summed E-state index contributed by atoms with van der Waals surface area (Å²) in [7, 11) is 0. The molecule has 1 fully saturated rings. The fourth-order valence-electron chi connectivity index (χ4n) is 3.89. The molecule has 0 spiro atoms. The van der Waals surface area contributed by atoms with Crippen molar-refractivity contribution in [3.05, 3.63) is 70.2 Å². The van der Waals surface area contributed by atoms with E-state index in [4.69, 9.17) is 11.6 Å². The van der Waals surface area contributed by atoms with Crippen LogP contribution in [0, 0.1) is 18.8 Å². The smallest absolute Gasteiger partial charge is 0.163 e. The van der Waals surface area contributed by atoms with Gasteiger partial charge in [-0.15, -0.1) is 0 Å². The summed E-state index contributed by atoms with van der Waals surface area (Å²) in [4.78, 5) is 12.5. The molecule has 0 bridgehead atoms. The van der Waals surface area contributed by atoms with E-state index in [9.17, 15) is 4.79 Å². The van der Waals surface area contributed by atoms with Crippen molar-refractivity contribution < 1.29 is 4.79 Å². The molecule has 3 rings (SSSR count). The number of carbonyl (C=O) groups is 1. The number of Topliss-reactive ketones (excluding diaryl/α,β-unsaturated/α-hetero) is 1. The molecule has 0 amide bonds. The standard InChI is InChI=1S/C23H27ClO/c1-17-7-14-21(16-22(17)24)23(25)15-20-12-10-19(11-13-20)9-8-18-5-3-2-4-6-18/h2-7,14,16,19-20H,8-13,15H2,1H3. The Hall–Kier alpha value is -1.60. The molecule has 0 radical (unpaired) electrons. The van der Waals surface area contributed by atoms with Crippen LogP contribution in [0.2, 0.25) is 5.02 Å². The van der Waals surface area contributed by atoms with Gasteiger partial charge in [0.2, 0.25) is 0 Å². The highest BCUT2D eigenvalue weighted by Gasteiger charge is 2.23. The molecule has 0 atom stereocenters. The molecule has 0 aromatic heterocycles. The topological polar surface area (TPSA) is 17.1 Å². The molecular weight excluding hydrogens is 328 g/mol. The number of aryl methyl sites for hydroxylation is 2. The molecule has 0 saturated heterocycles. The molecule has 1 aliphatic rings. The minimum atomic E-state index is 0.245. The molecule has 1 aliphatic carbocycles. The Balaban J connectivity index is 1.44. The third-order valence-corrected chi connectivity index (χ3v) is 6.03. The summed E-state index contributed by atoms with van der Waals surface area (Å²) in [5.74, 6) is 1.61. The van der Waals surface area contributed by atoms with Gasteiger partial charge in [0.1, 0.15) is 0 Å². The van der Waals surface area contributed by atoms with Crippen LogP contribution in [0.25, 0.3) is 0 Å². The highest BCUT2D eigenvalue weighted by molar-refractivity contribution is 6.31. The lowest BCUT2D eigenvalue weighted by Crippen LogP contribution is -2.18. The SMILES string of the molecule is Cc1ccc(C(=O)CC2CCC(CCc3ccccc3)CC2)cc1Cl. The van der Waals surface area contributed by atoms with Gasteiger partial charge in [0.05, 0.1) is 0 Å². The number of benzene rings is 2. The van der Waals surface area contributed by atoms with Crippen LogP contribution in [-0.2, 0) is 6.42 Å². The molecule has 0 heterocycles. The number of carbonyl (C=O) groups excluding carboxylic acids is 1. The van der Waals surface area contributed by atoms with Gasteiger partial charge in [-0.3, -0.25) is 4.79 Å². The van der Waals surface area contributed by atoms with E-state index in [2.05, 4.69) is 30.3 Å². The fourth-order valence-corrected chi connectivity index (χ4v) is 4.07. The molecule has 0 aliphatic heterocycles. The first-order valence-corrected chi connectivity index (χ1v) is 9.83. The van der Waals surface area contributed by atoms with Gasteiger partial charge in [-0.25, -0.2) is 0 Å². The summed E-state index contributed by atoms with van der Waals surface area (Å²) in [5.41, 5.74) is 3.23. The average molecular weight is 355 g/mol. The maximum absolute atomic E-state index is 12.5. The van der Waals surface area contributed by atoms with Crippen molar-refractivity contribution in [2.75, 3.05) is 0 Å². The summed E-state index contributed by atoms with van der Waals surface area (Å²) >= 11 is 6.15. The highest BCUT2D eigenvalue weighted by Crippen LogP contribution is 2.34. The predicted octanol–water partition coefficient (Wildman–Crippen LogP) is 6.66. The van der Waals surface area contributed by atoms with Crippen LogP contribution in [0.4, 0.5) is 0 Å². The number of halogens is 1. The largest absolute Gasteiger partial charge is 0.294 e. The Labute approximate surface area is 156 Å². The number of hydrogen-bond acceptors (Lipinski definition) is 1. The second-order valence-corrected chi connectivity index (χ2v) is 7.91. The van der Waals surface area contributed by atoms with Gasteiger partial charge >= 0.3 is 0 Å². The molecule has 0 unspecified atom stereocenters. The Morgan fingerprint density at radius 1 is 1.00 bits per heavy atom. The molecule has 2 heteroatoms. The monoisotopic (exact) mass is 354 g/mol. The average Bonchev–Trinajstić information content (AvgIpc) is 2.64. The second-order valence-electron chi connectivity index (χ2n) is 7.50. The lowest BCUT2D eigenvalue weighted by molar-refractivity contribution is 0.0942. The maximum atomic E-state index is 12.5. The van der Waals surface area contributed by atoms with Crippen LogP contribution < -0.4 is 0 Å². The Morgan fingerprint density at radius 3 is 2.36 bits per heavy atom. The molecule has 1 nitrogen and oxygen atoms in total. The van der Waals surface area contributed by atoms with Gasteiger partial charge < -0.3 is 0 Å². The first-order chi connectivity index (χ1) is 12.1. The van der Waals surface area contributed by atoms with Crippen LogP contribution in [0.1, 0.15) is 60.0 Å². The number of hydrogen-bond donors (Lipinski definition) is 0. The predicted molar refractivity (Wildman–Crippen MR) is 105 cm³/mol. The minimum absolute atomic E-state index is 0.245. The summed E-state index contributed by atoms with van der Waals surface area (Å²) < 4.78 is 0. The molecule has 2 aromatic carbocycles. The van der Waals surface area contributed by atoms with E-state index in [1.165, 1.54) is 44.1 Å².